The fraction of sp³-hybridized carbons (Fsp3) is 0.333. The lowest BCUT2D eigenvalue weighted by atomic mass is 10.1. The van der Waals surface area contributed by atoms with Gasteiger partial charge in [-0.2, -0.15) is 5.26 Å². The number of hydrogen-bond acceptors (Lipinski definition) is 5. The van der Waals surface area contributed by atoms with Crippen molar-refractivity contribution in [3.05, 3.63) is 52.2 Å². The van der Waals surface area contributed by atoms with Crippen molar-refractivity contribution < 1.29 is 13.2 Å². The Morgan fingerprint density at radius 1 is 1.31 bits per heavy atom. The van der Waals surface area contributed by atoms with Crippen LogP contribution in [0.2, 0.25) is 0 Å². The third kappa shape index (κ3) is 5.14. The van der Waals surface area contributed by atoms with Gasteiger partial charge in [0, 0.05) is 30.1 Å². The number of sulfonamides is 1. The Morgan fingerprint density at radius 3 is 2.54 bits per heavy atom. The Bertz CT molecular complexity index is 869. The Balaban J connectivity index is 2.08. The molecule has 6 nitrogen and oxygen atoms in total. The normalized spacial score (nSPS) is 12.3. The number of nitriles is 1. The van der Waals surface area contributed by atoms with Gasteiger partial charge in [0.25, 0.3) is 5.91 Å². The first-order valence-electron chi connectivity index (χ1n) is 8.18. The molecule has 138 valence electrons. The van der Waals surface area contributed by atoms with E-state index in [0.29, 0.717) is 18.7 Å². The average Bonchev–Trinajstić information content (AvgIpc) is 3.17. The van der Waals surface area contributed by atoms with Crippen molar-refractivity contribution in [2.75, 3.05) is 13.1 Å². The fourth-order valence-corrected chi connectivity index (χ4v) is 4.09. The molecule has 0 aliphatic heterocycles. The summed E-state index contributed by atoms with van der Waals surface area (Å²) < 4.78 is 27.2. The molecule has 1 heterocycles. The number of thiophene rings is 1. The van der Waals surface area contributed by atoms with Gasteiger partial charge in [0.05, 0.1) is 16.9 Å². The summed E-state index contributed by atoms with van der Waals surface area (Å²) >= 11 is 1.48. The maximum atomic E-state index is 12.5. The molecular formula is C18H21N3O3S2. The van der Waals surface area contributed by atoms with Crippen LogP contribution in [0.4, 0.5) is 0 Å². The SMILES string of the molecule is CCN(CC(C)C#N)C(=O)c1ccc(S(=O)(=O)NCc2cccs2)cc1. The number of nitrogens with one attached hydrogen (secondary N) is 1. The highest BCUT2D eigenvalue weighted by molar-refractivity contribution is 7.89. The van der Waals surface area contributed by atoms with Crippen LogP contribution in [-0.2, 0) is 16.6 Å². The summed E-state index contributed by atoms with van der Waals surface area (Å²) in [6, 6.07) is 11.7. The molecule has 0 spiro atoms. The van der Waals surface area contributed by atoms with E-state index in [4.69, 9.17) is 5.26 Å². The van der Waals surface area contributed by atoms with Gasteiger partial charge in [-0.15, -0.1) is 11.3 Å². The first-order chi connectivity index (χ1) is 12.4. The molecule has 0 saturated heterocycles. The fourth-order valence-electron chi connectivity index (χ4n) is 2.35. The van der Waals surface area contributed by atoms with Crippen LogP contribution in [0.3, 0.4) is 0 Å². The minimum absolute atomic E-state index is 0.110. The number of hydrogen-bond donors (Lipinski definition) is 1. The molecule has 0 saturated carbocycles. The molecule has 1 aromatic heterocycles. The van der Waals surface area contributed by atoms with Crippen LogP contribution in [0.1, 0.15) is 29.1 Å². The molecule has 26 heavy (non-hydrogen) atoms. The summed E-state index contributed by atoms with van der Waals surface area (Å²) in [5.74, 6) is -0.481. The number of carbonyl (C=O) groups excluding carboxylic acids is 1. The van der Waals surface area contributed by atoms with E-state index in [0.717, 1.165) is 4.88 Å². The zero-order valence-electron chi connectivity index (χ0n) is 14.7. The number of amides is 1. The van der Waals surface area contributed by atoms with Crippen LogP contribution in [0.25, 0.3) is 0 Å². The van der Waals surface area contributed by atoms with Gasteiger partial charge < -0.3 is 4.90 Å². The molecule has 1 amide bonds. The van der Waals surface area contributed by atoms with Crippen molar-refractivity contribution in [1.82, 2.24) is 9.62 Å². The molecule has 0 aliphatic rings. The second-order valence-electron chi connectivity index (χ2n) is 5.80. The molecule has 8 heteroatoms. The highest BCUT2D eigenvalue weighted by Gasteiger charge is 2.19. The van der Waals surface area contributed by atoms with Crippen molar-refractivity contribution >= 4 is 27.3 Å². The number of nitrogens with zero attached hydrogens (tertiary/aromatic N) is 2. The maximum Gasteiger partial charge on any atom is 0.253 e. The van der Waals surface area contributed by atoms with Crippen LogP contribution in [-0.4, -0.2) is 32.3 Å². The Kier molecular flexibility index (Phi) is 6.91. The van der Waals surface area contributed by atoms with Gasteiger partial charge in [0.15, 0.2) is 0 Å². The van der Waals surface area contributed by atoms with Crippen molar-refractivity contribution in [3.63, 3.8) is 0 Å². The van der Waals surface area contributed by atoms with Crippen LogP contribution in [0.15, 0.2) is 46.7 Å². The summed E-state index contributed by atoms with van der Waals surface area (Å²) in [5.41, 5.74) is 0.397. The summed E-state index contributed by atoms with van der Waals surface area (Å²) in [6.07, 6.45) is 0. The van der Waals surface area contributed by atoms with E-state index < -0.39 is 10.0 Å². The predicted octanol–water partition coefficient (Wildman–Crippen LogP) is 2.85. The molecule has 0 aliphatic carbocycles. The van der Waals surface area contributed by atoms with Gasteiger partial charge in [0.2, 0.25) is 10.0 Å². The van der Waals surface area contributed by atoms with Gasteiger partial charge in [0.1, 0.15) is 0 Å². The smallest absolute Gasteiger partial charge is 0.253 e. The lowest BCUT2D eigenvalue weighted by Gasteiger charge is -2.22. The van der Waals surface area contributed by atoms with Gasteiger partial charge in [-0.1, -0.05) is 6.07 Å². The van der Waals surface area contributed by atoms with Crippen molar-refractivity contribution in [2.45, 2.75) is 25.3 Å². The van der Waals surface area contributed by atoms with E-state index in [-0.39, 0.29) is 23.3 Å². The van der Waals surface area contributed by atoms with Crippen LogP contribution in [0.5, 0.6) is 0 Å². The highest BCUT2D eigenvalue weighted by Crippen LogP contribution is 2.15. The standard InChI is InChI=1S/C18H21N3O3S2/c1-3-21(13-14(2)11-19)18(22)15-6-8-17(9-7-15)26(23,24)20-12-16-5-4-10-25-16/h4-10,14,20H,3,12-13H2,1-2H3. The van der Waals surface area contributed by atoms with Crippen molar-refractivity contribution in [3.8, 4) is 6.07 Å². The topological polar surface area (TPSA) is 90.3 Å². The lowest BCUT2D eigenvalue weighted by Crippen LogP contribution is -2.34. The average molecular weight is 392 g/mol. The van der Waals surface area contributed by atoms with E-state index in [9.17, 15) is 13.2 Å². The van der Waals surface area contributed by atoms with Gasteiger partial charge in [-0.3, -0.25) is 4.79 Å². The third-order valence-electron chi connectivity index (χ3n) is 3.81. The van der Waals surface area contributed by atoms with Crippen molar-refractivity contribution in [2.24, 2.45) is 5.92 Å². The molecule has 0 fully saturated rings. The lowest BCUT2D eigenvalue weighted by molar-refractivity contribution is 0.0752. The van der Waals surface area contributed by atoms with E-state index in [1.165, 1.54) is 35.6 Å². The predicted molar refractivity (Wildman–Crippen MR) is 101 cm³/mol. The van der Waals surface area contributed by atoms with Crippen LogP contribution in [0, 0.1) is 17.2 Å². The van der Waals surface area contributed by atoms with Gasteiger partial charge in [-0.05, 0) is 49.6 Å². The summed E-state index contributed by atoms with van der Waals surface area (Å²) in [7, 11) is -3.64. The summed E-state index contributed by atoms with van der Waals surface area (Å²) in [6.45, 7) is 4.65. The van der Waals surface area contributed by atoms with Crippen molar-refractivity contribution in [1.29, 1.82) is 5.26 Å². The number of carbonyl (C=O) groups is 1. The molecule has 1 N–H and O–H groups in total. The Morgan fingerprint density at radius 2 is 2.00 bits per heavy atom. The molecule has 0 bridgehead atoms. The van der Waals surface area contributed by atoms with E-state index in [1.807, 2.05) is 24.4 Å². The van der Waals surface area contributed by atoms with E-state index >= 15 is 0 Å². The molecule has 0 radical (unpaired) electrons. The van der Waals surface area contributed by atoms with E-state index in [2.05, 4.69) is 10.8 Å². The molecule has 1 unspecified atom stereocenters. The second-order valence-corrected chi connectivity index (χ2v) is 8.60. The summed E-state index contributed by atoms with van der Waals surface area (Å²) in [4.78, 5) is 15.1. The molecule has 2 rings (SSSR count). The Labute approximate surface area is 158 Å². The van der Waals surface area contributed by atoms with Gasteiger partial charge in [-0.25, -0.2) is 13.1 Å². The van der Waals surface area contributed by atoms with Crippen LogP contribution < -0.4 is 4.72 Å². The quantitative estimate of drug-likeness (QED) is 0.749. The number of rotatable bonds is 8. The Hall–Kier alpha value is -2.21. The molecule has 2 aromatic rings. The second kappa shape index (κ2) is 8.94. The monoisotopic (exact) mass is 391 g/mol. The largest absolute Gasteiger partial charge is 0.338 e. The third-order valence-corrected chi connectivity index (χ3v) is 6.11. The molecular weight excluding hydrogens is 370 g/mol. The minimum atomic E-state index is -3.64. The zero-order chi connectivity index (χ0) is 19.2. The van der Waals surface area contributed by atoms with Crippen LogP contribution >= 0.6 is 11.3 Å². The summed E-state index contributed by atoms with van der Waals surface area (Å²) in [5, 5.41) is 10.8. The van der Waals surface area contributed by atoms with E-state index in [1.54, 1.807) is 11.8 Å². The number of benzene rings is 1. The first kappa shape index (κ1) is 20.1. The zero-order valence-corrected chi connectivity index (χ0v) is 16.3. The molecule has 1 aromatic carbocycles. The first-order valence-corrected chi connectivity index (χ1v) is 10.5. The molecule has 1 atom stereocenters. The van der Waals surface area contributed by atoms with Gasteiger partial charge >= 0.3 is 0 Å². The minimum Gasteiger partial charge on any atom is -0.338 e. The highest BCUT2D eigenvalue weighted by atomic mass is 32.2. The maximum absolute atomic E-state index is 12.5.